The quantitative estimate of drug-likeness (QED) is 0.912. The summed E-state index contributed by atoms with van der Waals surface area (Å²) in [5.74, 6) is 0.394. The first-order valence-corrected chi connectivity index (χ1v) is 8.35. The van der Waals surface area contributed by atoms with E-state index in [9.17, 15) is 5.11 Å². The lowest BCUT2D eigenvalue weighted by Crippen LogP contribution is -2.53. The first-order valence-electron chi connectivity index (χ1n) is 8.35. The number of benzene rings is 2. The lowest BCUT2D eigenvalue weighted by molar-refractivity contribution is 0.102. The number of rotatable bonds is 2. The van der Waals surface area contributed by atoms with E-state index >= 15 is 0 Å². The van der Waals surface area contributed by atoms with Crippen LogP contribution in [-0.4, -0.2) is 29.1 Å². The van der Waals surface area contributed by atoms with E-state index in [2.05, 4.69) is 48.2 Å². The first kappa shape index (κ1) is 13.8. The van der Waals surface area contributed by atoms with Gasteiger partial charge in [0.15, 0.2) is 0 Å². The second-order valence-electron chi connectivity index (χ2n) is 6.73. The van der Waals surface area contributed by atoms with Crippen molar-refractivity contribution in [1.29, 1.82) is 0 Å². The van der Waals surface area contributed by atoms with Crippen LogP contribution in [0, 0.1) is 0 Å². The fourth-order valence-corrected chi connectivity index (χ4v) is 4.63. The van der Waals surface area contributed by atoms with Crippen molar-refractivity contribution in [3.8, 4) is 5.75 Å². The Morgan fingerprint density at radius 2 is 2.00 bits per heavy atom. The number of phenolic OH excluding ortho intramolecular Hbond substituents is 1. The van der Waals surface area contributed by atoms with Crippen molar-refractivity contribution in [2.75, 3.05) is 13.1 Å². The molecule has 0 spiro atoms. The largest absolute Gasteiger partial charge is 0.508 e. The average Bonchev–Trinajstić information content (AvgIpc) is 2.57. The third kappa shape index (κ3) is 1.98. The molecule has 1 N–H and O–H groups in total. The molecule has 1 aliphatic heterocycles. The van der Waals surface area contributed by atoms with Crippen molar-refractivity contribution in [3.63, 3.8) is 0 Å². The molecule has 1 heterocycles. The molecule has 2 aromatic rings. The normalized spacial score (nSPS) is 27.4. The van der Waals surface area contributed by atoms with Gasteiger partial charge in [0, 0.05) is 11.5 Å². The van der Waals surface area contributed by atoms with Gasteiger partial charge in [0.2, 0.25) is 0 Å². The molecule has 1 fully saturated rings. The summed E-state index contributed by atoms with van der Waals surface area (Å²) in [5, 5.41) is 10.0. The predicted molar refractivity (Wildman–Crippen MR) is 89.3 cm³/mol. The monoisotopic (exact) mass is 293 g/mol. The summed E-state index contributed by atoms with van der Waals surface area (Å²) in [7, 11) is 0. The van der Waals surface area contributed by atoms with Crippen LogP contribution in [0.3, 0.4) is 0 Å². The van der Waals surface area contributed by atoms with Crippen LogP contribution >= 0.6 is 0 Å². The van der Waals surface area contributed by atoms with Crippen LogP contribution in [0.15, 0.2) is 48.5 Å². The highest BCUT2D eigenvalue weighted by molar-refractivity contribution is 5.50. The molecule has 2 bridgehead atoms. The van der Waals surface area contributed by atoms with Crippen molar-refractivity contribution in [3.05, 3.63) is 65.2 Å². The Bertz CT molecular complexity index is 681. The molecule has 0 radical (unpaired) electrons. The molecule has 4 rings (SSSR count). The highest BCUT2D eigenvalue weighted by Gasteiger charge is 2.46. The van der Waals surface area contributed by atoms with Crippen LogP contribution in [0.5, 0.6) is 5.75 Å². The summed E-state index contributed by atoms with van der Waals surface area (Å²) in [5.41, 5.74) is 4.24. The Hall–Kier alpha value is -1.80. The van der Waals surface area contributed by atoms with Crippen LogP contribution < -0.4 is 0 Å². The maximum atomic E-state index is 10.0. The van der Waals surface area contributed by atoms with E-state index in [1.54, 1.807) is 0 Å². The van der Waals surface area contributed by atoms with Crippen LogP contribution in [0.4, 0.5) is 0 Å². The molecule has 2 heteroatoms. The summed E-state index contributed by atoms with van der Waals surface area (Å²) in [6, 6.07) is 17.5. The Morgan fingerprint density at radius 1 is 1.18 bits per heavy atom. The lowest BCUT2D eigenvalue weighted by Gasteiger charge is -2.51. The first-order chi connectivity index (χ1) is 10.7. The molecule has 0 amide bonds. The van der Waals surface area contributed by atoms with E-state index in [0.29, 0.717) is 11.8 Å². The Labute approximate surface area is 132 Å². The highest BCUT2D eigenvalue weighted by atomic mass is 16.3. The fourth-order valence-electron chi connectivity index (χ4n) is 4.63. The average molecular weight is 293 g/mol. The molecular formula is C20H23NO. The van der Waals surface area contributed by atoms with Gasteiger partial charge >= 0.3 is 0 Å². The van der Waals surface area contributed by atoms with E-state index < -0.39 is 0 Å². The molecule has 1 saturated heterocycles. The van der Waals surface area contributed by atoms with Crippen molar-refractivity contribution in [2.45, 2.75) is 37.6 Å². The molecule has 2 aliphatic rings. The minimum Gasteiger partial charge on any atom is -0.508 e. The number of phenols is 1. The van der Waals surface area contributed by atoms with Gasteiger partial charge in [0.25, 0.3) is 0 Å². The van der Waals surface area contributed by atoms with E-state index in [4.69, 9.17) is 0 Å². The number of fused-ring (bicyclic) bond motifs is 4. The molecule has 2 nitrogen and oxygen atoms in total. The summed E-state index contributed by atoms with van der Waals surface area (Å²) < 4.78 is 0. The van der Waals surface area contributed by atoms with Gasteiger partial charge in [-0.3, -0.25) is 0 Å². The number of hydrogen-bond donors (Lipinski definition) is 1. The summed E-state index contributed by atoms with van der Waals surface area (Å²) >= 11 is 0. The van der Waals surface area contributed by atoms with Gasteiger partial charge in [-0.1, -0.05) is 43.3 Å². The zero-order chi connectivity index (χ0) is 15.2. The third-order valence-corrected chi connectivity index (χ3v) is 5.72. The number of likely N-dealkylation sites (N-methyl/N-ethyl adjacent to an activating group) is 1. The topological polar surface area (TPSA) is 23.5 Å². The van der Waals surface area contributed by atoms with E-state index in [0.717, 1.165) is 25.9 Å². The fraction of sp³-hybridized carbons (Fsp3) is 0.400. The molecule has 0 unspecified atom stereocenters. The SMILES string of the molecule is CCN1CC[C@@]2(c3ccccc3)C[C@H]1Cc1ccc(O)cc12. The lowest BCUT2D eigenvalue weighted by atomic mass is 9.60. The van der Waals surface area contributed by atoms with Crippen molar-refractivity contribution in [2.24, 2.45) is 0 Å². The minimum atomic E-state index is 0.0733. The van der Waals surface area contributed by atoms with Gasteiger partial charge in [-0.05, 0) is 61.2 Å². The molecule has 0 saturated carbocycles. The number of hydrogen-bond acceptors (Lipinski definition) is 2. The molecule has 2 aromatic carbocycles. The van der Waals surface area contributed by atoms with Crippen LogP contribution in [0.25, 0.3) is 0 Å². The zero-order valence-electron chi connectivity index (χ0n) is 13.1. The van der Waals surface area contributed by atoms with Gasteiger partial charge in [-0.15, -0.1) is 0 Å². The third-order valence-electron chi connectivity index (χ3n) is 5.72. The van der Waals surface area contributed by atoms with E-state index in [1.807, 2.05) is 12.1 Å². The minimum absolute atomic E-state index is 0.0733. The molecule has 1 aliphatic carbocycles. The molecule has 22 heavy (non-hydrogen) atoms. The second-order valence-corrected chi connectivity index (χ2v) is 6.73. The van der Waals surface area contributed by atoms with Crippen LogP contribution in [0.1, 0.15) is 36.5 Å². The molecular weight excluding hydrogens is 270 g/mol. The van der Waals surface area contributed by atoms with Crippen LogP contribution in [0.2, 0.25) is 0 Å². The van der Waals surface area contributed by atoms with E-state index in [-0.39, 0.29) is 5.41 Å². The van der Waals surface area contributed by atoms with Gasteiger partial charge in [-0.25, -0.2) is 0 Å². The number of likely N-dealkylation sites (tertiary alicyclic amines) is 1. The maximum absolute atomic E-state index is 10.0. The van der Waals surface area contributed by atoms with Crippen molar-refractivity contribution >= 4 is 0 Å². The number of piperidine rings is 1. The number of nitrogens with zero attached hydrogens (tertiary/aromatic N) is 1. The van der Waals surface area contributed by atoms with Crippen LogP contribution in [-0.2, 0) is 11.8 Å². The number of aromatic hydroxyl groups is 1. The predicted octanol–water partition coefficient (Wildman–Crippen LogP) is 3.72. The zero-order valence-corrected chi connectivity index (χ0v) is 13.1. The molecule has 2 atom stereocenters. The standard InChI is InChI=1S/C20H23NO/c1-2-21-11-10-20(16-6-4-3-5-7-16)14-17(21)12-15-8-9-18(22)13-19(15)20/h3-9,13,17,22H,2,10-12,14H2,1H3/t17-,20+/m1/s1. The highest BCUT2D eigenvalue weighted by Crippen LogP contribution is 2.49. The van der Waals surface area contributed by atoms with Gasteiger partial charge in [0.05, 0.1) is 0 Å². The smallest absolute Gasteiger partial charge is 0.115 e. The maximum Gasteiger partial charge on any atom is 0.115 e. The Kier molecular flexibility index (Phi) is 3.23. The van der Waals surface area contributed by atoms with Crippen molar-refractivity contribution in [1.82, 2.24) is 4.90 Å². The Morgan fingerprint density at radius 3 is 2.77 bits per heavy atom. The van der Waals surface area contributed by atoms with Gasteiger partial charge < -0.3 is 10.0 Å². The summed E-state index contributed by atoms with van der Waals surface area (Å²) in [6.07, 6.45) is 3.41. The van der Waals surface area contributed by atoms with E-state index in [1.165, 1.54) is 23.1 Å². The van der Waals surface area contributed by atoms with Gasteiger partial charge in [0.1, 0.15) is 5.75 Å². The summed E-state index contributed by atoms with van der Waals surface area (Å²) in [4.78, 5) is 2.62. The molecule has 0 aromatic heterocycles. The summed E-state index contributed by atoms with van der Waals surface area (Å²) in [6.45, 7) is 4.54. The molecule has 114 valence electrons. The second kappa shape index (κ2) is 5.13. The van der Waals surface area contributed by atoms with Gasteiger partial charge in [-0.2, -0.15) is 0 Å². The Balaban J connectivity index is 1.91. The van der Waals surface area contributed by atoms with Crippen molar-refractivity contribution < 1.29 is 5.11 Å².